The molecule has 4 rings (SSSR count). The number of aryl methyl sites for hydroxylation is 1. The third-order valence-electron chi connectivity index (χ3n) is 6.35. The number of alkyl halides is 3. The van der Waals surface area contributed by atoms with Gasteiger partial charge in [0, 0.05) is 41.9 Å². The molecule has 3 nitrogen and oxygen atoms in total. The SMILES string of the molecule is O=C1CC2(CCN(C(=O)CCc3ccccc3C(F)(F)F)CC2)c2c(Cl)cccc21. The first-order chi connectivity index (χ1) is 14.2. The van der Waals surface area contributed by atoms with Crippen LogP contribution in [0.15, 0.2) is 42.5 Å². The van der Waals surface area contributed by atoms with Crippen molar-refractivity contribution in [2.45, 2.75) is 43.7 Å². The van der Waals surface area contributed by atoms with Crippen LogP contribution in [0.1, 0.15) is 52.7 Å². The van der Waals surface area contributed by atoms with E-state index in [4.69, 9.17) is 11.6 Å². The summed E-state index contributed by atoms with van der Waals surface area (Å²) in [6.45, 7) is 0.940. The predicted octanol–water partition coefficient (Wildman–Crippen LogP) is 5.44. The van der Waals surface area contributed by atoms with Gasteiger partial charge in [-0.1, -0.05) is 41.9 Å². The van der Waals surface area contributed by atoms with Gasteiger partial charge >= 0.3 is 6.18 Å². The van der Waals surface area contributed by atoms with Gasteiger partial charge in [0.25, 0.3) is 0 Å². The second-order valence-corrected chi connectivity index (χ2v) is 8.49. The molecule has 2 aliphatic rings. The molecule has 1 aliphatic carbocycles. The van der Waals surface area contributed by atoms with Crippen molar-refractivity contribution >= 4 is 23.3 Å². The molecule has 0 aromatic heterocycles. The van der Waals surface area contributed by atoms with E-state index in [0.29, 0.717) is 42.9 Å². The fraction of sp³-hybridized carbons (Fsp3) is 0.391. The van der Waals surface area contributed by atoms with Crippen LogP contribution in [0.2, 0.25) is 5.02 Å². The fourth-order valence-corrected chi connectivity index (χ4v) is 5.19. The monoisotopic (exact) mass is 435 g/mol. The molecule has 1 heterocycles. The van der Waals surface area contributed by atoms with Crippen molar-refractivity contribution in [3.8, 4) is 0 Å². The lowest BCUT2D eigenvalue weighted by Crippen LogP contribution is -2.44. The number of benzene rings is 2. The number of amides is 1. The Kier molecular flexibility index (Phi) is 5.39. The maximum absolute atomic E-state index is 13.1. The summed E-state index contributed by atoms with van der Waals surface area (Å²) in [6, 6.07) is 10.7. The topological polar surface area (TPSA) is 37.4 Å². The molecule has 0 atom stereocenters. The molecule has 0 bridgehead atoms. The number of piperidine rings is 1. The van der Waals surface area contributed by atoms with Crippen molar-refractivity contribution in [2.24, 2.45) is 0 Å². The Morgan fingerprint density at radius 2 is 1.77 bits per heavy atom. The molecule has 1 spiro atoms. The molecule has 7 heteroatoms. The van der Waals surface area contributed by atoms with Crippen LogP contribution in [0.3, 0.4) is 0 Å². The van der Waals surface area contributed by atoms with Crippen LogP contribution < -0.4 is 0 Å². The van der Waals surface area contributed by atoms with Gasteiger partial charge in [-0.25, -0.2) is 0 Å². The molecule has 1 aliphatic heterocycles. The normalized spacial score (nSPS) is 18.0. The highest BCUT2D eigenvalue weighted by Crippen LogP contribution is 2.49. The predicted molar refractivity (Wildman–Crippen MR) is 108 cm³/mol. The summed E-state index contributed by atoms with van der Waals surface area (Å²) < 4.78 is 39.4. The number of rotatable bonds is 3. The van der Waals surface area contributed by atoms with E-state index < -0.39 is 11.7 Å². The molecule has 0 radical (unpaired) electrons. The van der Waals surface area contributed by atoms with Gasteiger partial charge in [0.15, 0.2) is 5.78 Å². The fourth-order valence-electron chi connectivity index (χ4n) is 4.81. The Labute approximate surface area is 177 Å². The van der Waals surface area contributed by atoms with Gasteiger partial charge in [0.2, 0.25) is 5.91 Å². The zero-order valence-corrected chi connectivity index (χ0v) is 17.0. The van der Waals surface area contributed by atoms with Crippen molar-refractivity contribution in [1.29, 1.82) is 0 Å². The summed E-state index contributed by atoms with van der Waals surface area (Å²) in [7, 11) is 0. The van der Waals surface area contributed by atoms with E-state index in [1.807, 2.05) is 0 Å². The molecule has 1 amide bonds. The lowest BCUT2D eigenvalue weighted by Gasteiger charge is -2.40. The third-order valence-corrected chi connectivity index (χ3v) is 6.66. The number of hydrogen-bond acceptors (Lipinski definition) is 2. The Bertz CT molecular complexity index is 994. The van der Waals surface area contributed by atoms with E-state index in [0.717, 1.165) is 11.6 Å². The molecule has 0 unspecified atom stereocenters. The Balaban J connectivity index is 1.42. The van der Waals surface area contributed by atoms with Gasteiger partial charge in [-0.2, -0.15) is 13.2 Å². The first-order valence-corrected chi connectivity index (χ1v) is 10.3. The minimum Gasteiger partial charge on any atom is -0.343 e. The van der Waals surface area contributed by atoms with Gasteiger partial charge < -0.3 is 4.90 Å². The zero-order valence-electron chi connectivity index (χ0n) is 16.3. The number of halogens is 4. The minimum absolute atomic E-state index is 0.0242. The van der Waals surface area contributed by atoms with Crippen LogP contribution in [-0.4, -0.2) is 29.7 Å². The molecular formula is C23H21ClF3NO2. The first kappa shape index (κ1) is 20.9. The van der Waals surface area contributed by atoms with Gasteiger partial charge in [0.1, 0.15) is 0 Å². The number of likely N-dealkylation sites (tertiary alicyclic amines) is 1. The van der Waals surface area contributed by atoms with Crippen molar-refractivity contribution in [3.05, 3.63) is 69.7 Å². The van der Waals surface area contributed by atoms with Crippen LogP contribution in [0.4, 0.5) is 13.2 Å². The number of nitrogens with zero attached hydrogens (tertiary/aromatic N) is 1. The average Bonchev–Trinajstić information content (AvgIpc) is 2.99. The highest BCUT2D eigenvalue weighted by Gasteiger charge is 2.46. The van der Waals surface area contributed by atoms with Crippen molar-refractivity contribution in [2.75, 3.05) is 13.1 Å². The molecule has 0 saturated carbocycles. The lowest BCUT2D eigenvalue weighted by atomic mass is 9.73. The number of carbonyl (C=O) groups excluding carboxylic acids is 2. The molecule has 2 aromatic rings. The number of ketones is 1. The van der Waals surface area contributed by atoms with Crippen LogP contribution in [0, 0.1) is 0 Å². The summed E-state index contributed by atoms with van der Waals surface area (Å²) in [6.07, 6.45) is -2.72. The van der Waals surface area contributed by atoms with E-state index in [2.05, 4.69) is 0 Å². The number of Topliss-reactive ketones (excluding diaryl/α,β-unsaturated/α-hetero) is 1. The maximum Gasteiger partial charge on any atom is 0.416 e. The average molecular weight is 436 g/mol. The summed E-state index contributed by atoms with van der Waals surface area (Å²) in [5, 5.41) is 0.585. The van der Waals surface area contributed by atoms with Crippen LogP contribution in [0.5, 0.6) is 0 Å². The van der Waals surface area contributed by atoms with Crippen LogP contribution in [0.25, 0.3) is 0 Å². The van der Waals surface area contributed by atoms with Gasteiger partial charge in [-0.3, -0.25) is 9.59 Å². The second-order valence-electron chi connectivity index (χ2n) is 8.08. The molecule has 1 fully saturated rings. The number of fused-ring (bicyclic) bond motifs is 2. The first-order valence-electron chi connectivity index (χ1n) is 9.96. The maximum atomic E-state index is 13.1. The van der Waals surface area contributed by atoms with Gasteiger partial charge in [0.05, 0.1) is 5.56 Å². The Morgan fingerprint density at radius 1 is 1.07 bits per heavy atom. The summed E-state index contributed by atoms with van der Waals surface area (Å²) in [5.41, 5.74) is 0.665. The van der Waals surface area contributed by atoms with E-state index in [-0.39, 0.29) is 35.5 Å². The molecular weight excluding hydrogens is 415 g/mol. The second kappa shape index (κ2) is 7.73. The molecule has 158 valence electrons. The number of carbonyl (C=O) groups is 2. The summed E-state index contributed by atoms with van der Waals surface area (Å²) >= 11 is 6.40. The van der Waals surface area contributed by atoms with Crippen molar-refractivity contribution in [3.63, 3.8) is 0 Å². The van der Waals surface area contributed by atoms with E-state index >= 15 is 0 Å². The largest absolute Gasteiger partial charge is 0.416 e. The highest BCUT2D eigenvalue weighted by atomic mass is 35.5. The van der Waals surface area contributed by atoms with E-state index in [9.17, 15) is 22.8 Å². The highest BCUT2D eigenvalue weighted by molar-refractivity contribution is 6.32. The van der Waals surface area contributed by atoms with Crippen molar-refractivity contribution < 1.29 is 22.8 Å². The molecule has 0 N–H and O–H groups in total. The Morgan fingerprint density at radius 3 is 2.47 bits per heavy atom. The minimum atomic E-state index is -4.43. The third kappa shape index (κ3) is 3.73. The summed E-state index contributed by atoms with van der Waals surface area (Å²) in [4.78, 5) is 26.8. The summed E-state index contributed by atoms with van der Waals surface area (Å²) in [5.74, 6) is -0.0819. The van der Waals surface area contributed by atoms with Gasteiger partial charge in [-0.05, 0) is 42.5 Å². The standard InChI is InChI=1S/C23H21ClF3NO2/c24-18-7-3-5-16-19(29)14-22(21(16)18)10-12-28(13-11-22)20(30)9-8-15-4-1-2-6-17(15)23(25,26)27/h1-7H,8-14H2. The van der Waals surface area contributed by atoms with Crippen LogP contribution in [-0.2, 0) is 22.8 Å². The van der Waals surface area contributed by atoms with E-state index in [1.165, 1.54) is 12.1 Å². The van der Waals surface area contributed by atoms with Crippen LogP contribution >= 0.6 is 11.6 Å². The smallest absolute Gasteiger partial charge is 0.343 e. The molecule has 1 saturated heterocycles. The lowest BCUT2D eigenvalue weighted by molar-refractivity contribution is -0.139. The van der Waals surface area contributed by atoms with Crippen molar-refractivity contribution in [1.82, 2.24) is 4.90 Å². The molecule has 30 heavy (non-hydrogen) atoms. The van der Waals surface area contributed by atoms with Gasteiger partial charge in [-0.15, -0.1) is 0 Å². The Hall–Kier alpha value is -2.34. The quantitative estimate of drug-likeness (QED) is 0.644. The zero-order chi connectivity index (χ0) is 21.5. The van der Waals surface area contributed by atoms with E-state index in [1.54, 1.807) is 29.2 Å². The molecule has 2 aromatic carbocycles. The number of hydrogen-bond donors (Lipinski definition) is 0.